The van der Waals surface area contributed by atoms with Crippen LogP contribution in [0, 0.1) is 5.92 Å². The average molecular weight is 210 g/mol. The van der Waals surface area contributed by atoms with Gasteiger partial charge in [-0.2, -0.15) is 0 Å². The summed E-state index contributed by atoms with van der Waals surface area (Å²) < 4.78 is 5.31. The van der Waals surface area contributed by atoms with Gasteiger partial charge >= 0.3 is 0 Å². The molecular weight excluding hydrogens is 188 g/mol. The molecule has 86 valence electrons. The minimum atomic E-state index is 0.606. The summed E-state index contributed by atoms with van der Waals surface area (Å²) in [6, 6.07) is 3.93. The maximum atomic E-state index is 5.73. The van der Waals surface area contributed by atoms with Crippen LogP contribution in [-0.2, 0) is 6.54 Å². The van der Waals surface area contributed by atoms with Gasteiger partial charge in [-0.1, -0.05) is 13.3 Å². The summed E-state index contributed by atoms with van der Waals surface area (Å²) in [5.74, 6) is 1.62. The van der Waals surface area contributed by atoms with Gasteiger partial charge in [0.25, 0.3) is 0 Å². The molecule has 1 aromatic heterocycles. The lowest BCUT2D eigenvalue weighted by Gasteiger charge is -2.21. The van der Waals surface area contributed by atoms with Crippen molar-refractivity contribution in [2.75, 3.05) is 20.1 Å². The van der Waals surface area contributed by atoms with Crippen LogP contribution < -0.4 is 5.73 Å². The molecule has 1 atom stereocenters. The standard InChI is InChI=1S/C12H22N2O/c1-3-5-11(8-13)9-14(2)10-12-6-4-7-15-12/h4,6-7,11H,3,5,8-10,13H2,1-2H3. The first-order valence-electron chi connectivity index (χ1n) is 5.67. The molecule has 0 amide bonds. The number of hydrogen-bond donors (Lipinski definition) is 1. The first-order chi connectivity index (χ1) is 7.26. The van der Waals surface area contributed by atoms with E-state index in [1.54, 1.807) is 6.26 Å². The summed E-state index contributed by atoms with van der Waals surface area (Å²) in [7, 11) is 2.11. The predicted molar refractivity (Wildman–Crippen MR) is 62.5 cm³/mol. The van der Waals surface area contributed by atoms with Crippen LogP contribution in [0.1, 0.15) is 25.5 Å². The highest BCUT2D eigenvalue weighted by atomic mass is 16.3. The van der Waals surface area contributed by atoms with Crippen LogP contribution in [0.2, 0.25) is 0 Å². The second-order valence-corrected chi connectivity index (χ2v) is 4.17. The van der Waals surface area contributed by atoms with Crippen molar-refractivity contribution in [3.05, 3.63) is 24.2 Å². The lowest BCUT2D eigenvalue weighted by atomic mass is 10.0. The Hall–Kier alpha value is -0.800. The molecule has 1 heterocycles. The van der Waals surface area contributed by atoms with Gasteiger partial charge in [-0.25, -0.2) is 0 Å². The summed E-state index contributed by atoms with van der Waals surface area (Å²) in [5.41, 5.74) is 5.73. The van der Waals surface area contributed by atoms with E-state index in [4.69, 9.17) is 10.2 Å². The molecule has 0 aliphatic rings. The number of nitrogens with two attached hydrogens (primary N) is 1. The minimum absolute atomic E-state index is 0.606. The van der Waals surface area contributed by atoms with Crippen molar-refractivity contribution in [1.29, 1.82) is 0 Å². The van der Waals surface area contributed by atoms with Crippen LogP contribution in [0.3, 0.4) is 0 Å². The molecule has 0 saturated heterocycles. The monoisotopic (exact) mass is 210 g/mol. The van der Waals surface area contributed by atoms with Crippen LogP contribution in [0.25, 0.3) is 0 Å². The first-order valence-corrected chi connectivity index (χ1v) is 5.67. The van der Waals surface area contributed by atoms with Gasteiger partial charge in [-0.15, -0.1) is 0 Å². The molecule has 0 spiro atoms. The molecule has 15 heavy (non-hydrogen) atoms. The molecule has 3 nitrogen and oxygen atoms in total. The van der Waals surface area contributed by atoms with Crippen LogP contribution in [0.4, 0.5) is 0 Å². The van der Waals surface area contributed by atoms with Crippen molar-refractivity contribution in [2.45, 2.75) is 26.3 Å². The lowest BCUT2D eigenvalue weighted by Crippen LogP contribution is -2.29. The highest BCUT2D eigenvalue weighted by Crippen LogP contribution is 2.09. The summed E-state index contributed by atoms with van der Waals surface area (Å²) in [4.78, 5) is 2.27. The predicted octanol–water partition coefficient (Wildman–Crippen LogP) is 2.09. The van der Waals surface area contributed by atoms with Gasteiger partial charge in [-0.05, 0) is 38.1 Å². The Morgan fingerprint density at radius 3 is 2.87 bits per heavy atom. The first kappa shape index (κ1) is 12.3. The molecule has 0 radical (unpaired) electrons. The third kappa shape index (κ3) is 4.49. The fraction of sp³-hybridized carbons (Fsp3) is 0.667. The molecule has 3 heteroatoms. The molecule has 0 aromatic carbocycles. The quantitative estimate of drug-likeness (QED) is 0.749. The maximum Gasteiger partial charge on any atom is 0.117 e. The number of furan rings is 1. The number of nitrogens with zero attached hydrogens (tertiary/aromatic N) is 1. The van der Waals surface area contributed by atoms with E-state index in [1.165, 1.54) is 12.8 Å². The van der Waals surface area contributed by atoms with E-state index in [-0.39, 0.29) is 0 Å². The fourth-order valence-electron chi connectivity index (χ4n) is 1.87. The van der Waals surface area contributed by atoms with Crippen molar-refractivity contribution in [1.82, 2.24) is 4.90 Å². The van der Waals surface area contributed by atoms with E-state index in [0.29, 0.717) is 5.92 Å². The summed E-state index contributed by atoms with van der Waals surface area (Å²) in [6.45, 7) is 4.89. The molecule has 1 unspecified atom stereocenters. The molecule has 1 rings (SSSR count). The number of hydrogen-bond acceptors (Lipinski definition) is 3. The Kier molecular flexibility index (Phi) is 5.43. The molecule has 1 aromatic rings. The van der Waals surface area contributed by atoms with Crippen molar-refractivity contribution < 1.29 is 4.42 Å². The Labute approximate surface area is 92.2 Å². The van der Waals surface area contributed by atoms with E-state index >= 15 is 0 Å². The third-order valence-electron chi connectivity index (χ3n) is 2.61. The Balaban J connectivity index is 2.30. The van der Waals surface area contributed by atoms with Gasteiger partial charge in [0.15, 0.2) is 0 Å². The highest BCUT2D eigenvalue weighted by molar-refractivity contribution is 4.97. The molecule has 0 bridgehead atoms. The Bertz CT molecular complexity index is 246. The van der Waals surface area contributed by atoms with Crippen molar-refractivity contribution in [2.24, 2.45) is 11.7 Å². The second-order valence-electron chi connectivity index (χ2n) is 4.17. The van der Waals surface area contributed by atoms with E-state index in [9.17, 15) is 0 Å². The van der Waals surface area contributed by atoms with Gasteiger partial charge in [0.05, 0.1) is 12.8 Å². The van der Waals surface area contributed by atoms with Gasteiger partial charge in [0.2, 0.25) is 0 Å². The van der Waals surface area contributed by atoms with Gasteiger partial charge in [-0.3, -0.25) is 4.90 Å². The van der Waals surface area contributed by atoms with Gasteiger partial charge in [0, 0.05) is 6.54 Å². The van der Waals surface area contributed by atoms with Crippen LogP contribution in [0.15, 0.2) is 22.8 Å². The molecule has 0 aliphatic carbocycles. The normalized spacial score (nSPS) is 13.3. The fourth-order valence-corrected chi connectivity index (χ4v) is 1.87. The average Bonchev–Trinajstić information content (AvgIpc) is 2.69. The summed E-state index contributed by atoms with van der Waals surface area (Å²) in [5, 5.41) is 0. The van der Waals surface area contributed by atoms with Gasteiger partial charge in [0.1, 0.15) is 5.76 Å². The second kappa shape index (κ2) is 6.64. The maximum absolute atomic E-state index is 5.73. The van der Waals surface area contributed by atoms with Crippen molar-refractivity contribution >= 4 is 0 Å². The van der Waals surface area contributed by atoms with E-state index in [1.807, 2.05) is 12.1 Å². The van der Waals surface area contributed by atoms with Crippen molar-refractivity contribution in [3.63, 3.8) is 0 Å². The van der Waals surface area contributed by atoms with Crippen molar-refractivity contribution in [3.8, 4) is 0 Å². The molecule has 0 fully saturated rings. The zero-order valence-corrected chi connectivity index (χ0v) is 9.78. The zero-order valence-electron chi connectivity index (χ0n) is 9.78. The zero-order chi connectivity index (χ0) is 11.1. The lowest BCUT2D eigenvalue weighted by molar-refractivity contribution is 0.244. The molecular formula is C12H22N2O. The summed E-state index contributed by atoms with van der Waals surface area (Å²) >= 11 is 0. The highest BCUT2D eigenvalue weighted by Gasteiger charge is 2.10. The third-order valence-corrected chi connectivity index (χ3v) is 2.61. The Morgan fingerprint density at radius 2 is 2.33 bits per heavy atom. The smallest absolute Gasteiger partial charge is 0.117 e. The molecule has 0 saturated carbocycles. The van der Waals surface area contributed by atoms with Crippen LogP contribution in [0.5, 0.6) is 0 Å². The van der Waals surface area contributed by atoms with Crippen LogP contribution >= 0.6 is 0 Å². The Morgan fingerprint density at radius 1 is 1.53 bits per heavy atom. The van der Waals surface area contributed by atoms with Gasteiger partial charge < -0.3 is 10.2 Å². The van der Waals surface area contributed by atoms with E-state index in [2.05, 4.69) is 18.9 Å². The largest absolute Gasteiger partial charge is 0.468 e. The van der Waals surface area contributed by atoms with Crippen LogP contribution in [-0.4, -0.2) is 25.0 Å². The minimum Gasteiger partial charge on any atom is -0.468 e. The van der Waals surface area contributed by atoms with E-state index in [0.717, 1.165) is 25.4 Å². The topological polar surface area (TPSA) is 42.4 Å². The molecule has 0 aliphatic heterocycles. The van der Waals surface area contributed by atoms with E-state index < -0.39 is 0 Å². The SMILES string of the molecule is CCCC(CN)CN(C)Cc1ccco1. The molecule has 2 N–H and O–H groups in total. The summed E-state index contributed by atoms with van der Waals surface area (Å²) in [6.07, 6.45) is 4.13. The number of rotatable bonds is 7.